The smallest absolute Gasteiger partial charge is 0.247 e. The van der Waals surface area contributed by atoms with Crippen LogP contribution < -0.4 is 4.74 Å². The van der Waals surface area contributed by atoms with E-state index in [0.717, 1.165) is 41.5 Å². The Bertz CT molecular complexity index is 766. The molecule has 0 bridgehead atoms. The van der Waals surface area contributed by atoms with Crippen molar-refractivity contribution in [2.75, 3.05) is 20.3 Å². The van der Waals surface area contributed by atoms with Gasteiger partial charge in [0.05, 0.1) is 23.9 Å². The van der Waals surface area contributed by atoms with Crippen molar-refractivity contribution in [2.45, 2.75) is 32.4 Å². The Hall–Kier alpha value is -2.18. The van der Waals surface area contributed by atoms with Crippen LogP contribution in [-0.4, -0.2) is 42.2 Å². The highest BCUT2D eigenvalue weighted by atomic mass is 32.1. The summed E-state index contributed by atoms with van der Waals surface area (Å²) in [7, 11) is 1.65. The number of nitrogens with zero attached hydrogens (tertiary/aromatic N) is 2. The molecule has 2 heterocycles. The first-order valence-corrected chi connectivity index (χ1v) is 9.66. The average Bonchev–Trinajstić information content (AvgIpc) is 3.31. The van der Waals surface area contributed by atoms with Gasteiger partial charge in [-0.15, -0.1) is 11.3 Å². The molecule has 1 aliphatic heterocycles. The molecule has 3 rings (SSSR count). The van der Waals surface area contributed by atoms with Crippen LogP contribution in [0.5, 0.6) is 5.75 Å². The molecule has 1 fully saturated rings. The van der Waals surface area contributed by atoms with Gasteiger partial charge < -0.3 is 14.4 Å². The minimum Gasteiger partial charge on any atom is -0.496 e. The second-order valence-electron chi connectivity index (χ2n) is 6.29. The molecule has 0 unspecified atom stereocenters. The first kappa shape index (κ1) is 18.6. The minimum atomic E-state index is -0.0444. The number of thiazole rings is 1. The zero-order valence-electron chi connectivity index (χ0n) is 15.2. The molecule has 1 atom stereocenters. The van der Waals surface area contributed by atoms with Crippen molar-refractivity contribution in [3.63, 3.8) is 0 Å². The molecule has 2 aromatic rings. The van der Waals surface area contributed by atoms with E-state index in [2.05, 4.69) is 4.98 Å². The second-order valence-corrected chi connectivity index (χ2v) is 7.35. The number of ether oxygens (including phenoxy) is 2. The fourth-order valence-electron chi connectivity index (χ4n) is 3.02. The molecule has 5 nitrogen and oxygen atoms in total. The lowest BCUT2D eigenvalue weighted by molar-refractivity contribution is -0.128. The molecule has 6 heteroatoms. The number of aromatic nitrogens is 1. The number of carbonyl (C=O) groups is 1. The molecule has 0 radical (unpaired) electrons. The number of methoxy groups -OCH3 is 1. The van der Waals surface area contributed by atoms with Gasteiger partial charge in [-0.25, -0.2) is 4.98 Å². The summed E-state index contributed by atoms with van der Waals surface area (Å²) in [6.07, 6.45) is 5.51. The lowest BCUT2D eigenvalue weighted by Crippen LogP contribution is -2.36. The summed E-state index contributed by atoms with van der Waals surface area (Å²) in [6, 6.07) is 7.79. The monoisotopic (exact) mass is 372 g/mol. The van der Waals surface area contributed by atoms with Crippen LogP contribution in [0, 0.1) is 6.92 Å². The Kier molecular flexibility index (Phi) is 6.41. The fraction of sp³-hybridized carbons (Fsp3) is 0.400. The van der Waals surface area contributed by atoms with Gasteiger partial charge in [0.25, 0.3) is 0 Å². The molecule has 26 heavy (non-hydrogen) atoms. The van der Waals surface area contributed by atoms with Gasteiger partial charge in [0.2, 0.25) is 5.91 Å². The molecule has 1 saturated heterocycles. The van der Waals surface area contributed by atoms with E-state index in [9.17, 15) is 4.79 Å². The third-order valence-electron chi connectivity index (χ3n) is 4.35. The van der Waals surface area contributed by atoms with Crippen LogP contribution in [-0.2, 0) is 16.1 Å². The Balaban J connectivity index is 1.75. The van der Waals surface area contributed by atoms with Gasteiger partial charge >= 0.3 is 0 Å². The maximum absolute atomic E-state index is 12.8. The summed E-state index contributed by atoms with van der Waals surface area (Å²) in [4.78, 5) is 19.0. The standard InChI is InChI=1S/C20H24N2O3S/c1-15-21-17(14-26-15)9-10-20(23)22(13-18-7-5-11-25-18)12-16-6-3-4-8-19(16)24-2/h3-4,6,8-10,14,18H,5,7,11-13H2,1-2H3/b10-9-/t18-/m0/s1. The number of hydrogen-bond acceptors (Lipinski definition) is 5. The van der Waals surface area contributed by atoms with E-state index in [1.54, 1.807) is 30.6 Å². The van der Waals surface area contributed by atoms with E-state index < -0.39 is 0 Å². The number of para-hydroxylation sites is 1. The highest BCUT2D eigenvalue weighted by molar-refractivity contribution is 7.09. The topological polar surface area (TPSA) is 51.7 Å². The van der Waals surface area contributed by atoms with E-state index in [1.807, 2.05) is 41.5 Å². The number of aryl methyl sites for hydroxylation is 1. The predicted octanol–water partition coefficient (Wildman–Crippen LogP) is 3.68. The van der Waals surface area contributed by atoms with Crippen molar-refractivity contribution >= 4 is 23.3 Å². The van der Waals surface area contributed by atoms with Gasteiger partial charge in [-0.3, -0.25) is 4.79 Å². The Morgan fingerprint density at radius 2 is 2.31 bits per heavy atom. The lowest BCUT2D eigenvalue weighted by atomic mass is 10.1. The molecule has 1 aromatic carbocycles. The first-order valence-electron chi connectivity index (χ1n) is 8.78. The van der Waals surface area contributed by atoms with Crippen LogP contribution in [0.15, 0.2) is 35.7 Å². The van der Waals surface area contributed by atoms with Crippen LogP contribution in [0.25, 0.3) is 6.08 Å². The number of hydrogen-bond donors (Lipinski definition) is 0. The van der Waals surface area contributed by atoms with Crippen molar-refractivity contribution in [1.29, 1.82) is 0 Å². The lowest BCUT2D eigenvalue weighted by Gasteiger charge is -2.25. The quantitative estimate of drug-likeness (QED) is 0.696. The Morgan fingerprint density at radius 1 is 1.46 bits per heavy atom. The Labute approximate surface area is 158 Å². The van der Waals surface area contributed by atoms with Gasteiger partial charge in [-0.1, -0.05) is 18.2 Å². The fourth-order valence-corrected chi connectivity index (χ4v) is 3.61. The van der Waals surface area contributed by atoms with E-state index in [-0.39, 0.29) is 12.0 Å². The van der Waals surface area contributed by atoms with Crippen LogP contribution in [0.3, 0.4) is 0 Å². The minimum absolute atomic E-state index is 0.0444. The highest BCUT2D eigenvalue weighted by Crippen LogP contribution is 2.21. The van der Waals surface area contributed by atoms with Crippen LogP contribution in [0.4, 0.5) is 0 Å². The normalized spacial score (nSPS) is 16.9. The maximum Gasteiger partial charge on any atom is 0.247 e. The van der Waals surface area contributed by atoms with E-state index in [0.29, 0.717) is 13.1 Å². The average molecular weight is 372 g/mol. The van der Waals surface area contributed by atoms with Gasteiger partial charge in [0.15, 0.2) is 0 Å². The molecule has 1 aromatic heterocycles. The molecule has 1 aliphatic rings. The SMILES string of the molecule is COc1ccccc1CN(C[C@@H]1CCCO1)C(=O)/C=C\c1csc(C)n1. The summed E-state index contributed by atoms with van der Waals surface area (Å²) in [6.45, 7) is 3.80. The van der Waals surface area contributed by atoms with Crippen LogP contribution >= 0.6 is 11.3 Å². The van der Waals surface area contributed by atoms with Gasteiger partial charge in [-0.05, 0) is 31.9 Å². The largest absolute Gasteiger partial charge is 0.496 e. The summed E-state index contributed by atoms with van der Waals surface area (Å²) < 4.78 is 11.2. The number of carbonyl (C=O) groups excluding carboxylic acids is 1. The number of amides is 1. The highest BCUT2D eigenvalue weighted by Gasteiger charge is 2.22. The third kappa shape index (κ3) is 4.93. The molecule has 0 spiro atoms. The van der Waals surface area contributed by atoms with E-state index in [4.69, 9.17) is 9.47 Å². The van der Waals surface area contributed by atoms with Gasteiger partial charge in [0, 0.05) is 36.7 Å². The maximum atomic E-state index is 12.8. The third-order valence-corrected chi connectivity index (χ3v) is 5.14. The van der Waals surface area contributed by atoms with E-state index >= 15 is 0 Å². The summed E-state index contributed by atoms with van der Waals surface area (Å²) in [5.74, 6) is 0.744. The van der Waals surface area contributed by atoms with Crippen molar-refractivity contribution in [3.8, 4) is 5.75 Å². The predicted molar refractivity (Wildman–Crippen MR) is 103 cm³/mol. The van der Waals surface area contributed by atoms with Crippen molar-refractivity contribution in [1.82, 2.24) is 9.88 Å². The van der Waals surface area contributed by atoms with Crippen molar-refractivity contribution < 1.29 is 14.3 Å². The summed E-state index contributed by atoms with van der Waals surface area (Å²) in [5, 5.41) is 2.94. The van der Waals surface area contributed by atoms with Crippen LogP contribution in [0.2, 0.25) is 0 Å². The summed E-state index contributed by atoms with van der Waals surface area (Å²) >= 11 is 1.57. The molecule has 0 saturated carbocycles. The van der Waals surface area contributed by atoms with E-state index in [1.165, 1.54) is 0 Å². The molecular weight excluding hydrogens is 348 g/mol. The van der Waals surface area contributed by atoms with Crippen molar-refractivity contribution in [3.05, 3.63) is 52.0 Å². The van der Waals surface area contributed by atoms with Gasteiger partial charge in [0.1, 0.15) is 5.75 Å². The first-order chi connectivity index (χ1) is 12.7. The Morgan fingerprint density at radius 3 is 3.00 bits per heavy atom. The zero-order valence-corrected chi connectivity index (χ0v) is 16.0. The molecule has 0 N–H and O–H groups in total. The zero-order chi connectivity index (χ0) is 18.4. The van der Waals surface area contributed by atoms with Gasteiger partial charge in [-0.2, -0.15) is 0 Å². The van der Waals surface area contributed by atoms with Crippen molar-refractivity contribution in [2.24, 2.45) is 0 Å². The second kappa shape index (κ2) is 8.96. The molecule has 138 valence electrons. The summed E-state index contributed by atoms with van der Waals surface area (Å²) in [5.41, 5.74) is 1.80. The number of benzene rings is 1. The number of rotatable bonds is 7. The molecule has 0 aliphatic carbocycles. The molecule has 1 amide bonds. The van der Waals surface area contributed by atoms with Crippen LogP contribution in [0.1, 0.15) is 29.1 Å². The molecular formula is C20H24N2O3S.